The first-order valence-electron chi connectivity index (χ1n) is 9.97. The number of carbonyl (C=O) groups is 2. The number of hydrogen-bond acceptors (Lipinski definition) is 5. The second-order valence-corrected chi connectivity index (χ2v) is 7.68. The molecule has 0 heterocycles. The number of carbonyl (C=O) groups excluding carboxylic acids is 2. The molecule has 2 N–H and O–H groups in total. The van der Waals surface area contributed by atoms with Crippen LogP contribution >= 0.6 is 0 Å². The second kappa shape index (κ2) is 7.87. The first-order chi connectivity index (χ1) is 14.0. The summed E-state index contributed by atoms with van der Waals surface area (Å²) in [7, 11) is 1.24. The summed E-state index contributed by atoms with van der Waals surface area (Å²) in [5.74, 6) is -0.764. The van der Waals surface area contributed by atoms with Gasteiger partial charge in [0.2, 0.25) is 0 Å². The number of amides is 1. The fraction of sp³-hybridized carbons (Fsp3) is 0.391. The number of aliphatic hydroxyl groups is 1. The Labute approximate surface area is 169 Å². The summed E-state index contributed by atoms with van der Waals surface area (Å²) in [6, 6.07) is 15.5. The highest BCUT2D eigenvalue weighted by atomic mass is 16.6. The number of methoxy groups -OCH3 is 1. The molecule has 1 saturated carbocycles. The van der Waals surface area contributed by atoms with E-state index in [1.54, 1.807) is 0 Å². The van der Waals surface area contributed by atoms with Crippen molar-refractivity contribution in [3.63, 3.8) is 0 Å². The fourth-order valence-corrected chi connectivity index (χ4v) is 4.55. The fourth-order valence-electron chi connectivity index (χ4n) is 4.55. The van der Waals surface area contributed by atoms with E-state index in [2.05, 4.69) is 29.6 Å². The number of ether oxygens (including phenoxy) is 2. The third kappa shape index (κ3) is 3.49. The Morgan fingerprint density at radius 2 is 1.69 bits per heavy atom. The van der Waals surface area contributed by atoms with Crippen LogP contribution in [-0.2, 0) is 14.3 Å². The Bertz CT molecular complexity index is 881. The molecule has 2 unspecified atom stereocenters. The maximum absolute atomic E-state index is 12.5. The molecule has 0 spiro atoms. The summed E-state index contributed by atoms with van der Waals surface area (Å²) in [5.41, 5.74) is 2.86. The molecule has 29 heavy (non-hydrogen) atoms. The third-order valence-electron chi connectivity index (χ3n) is 6.05. The lowest BCUT2D eigenvalue weighted by atomic mass is 9.80. The second-order valence-electron chi connectivity index (χ2n) is 7.68. The van der Waals surface area contributed by atoms with Crippen LogP contribution in [0.3, 0.4) is 0 Å². The van der Waals surface area contributed by atoms with Crippen LogP contribution in [0.15, 0.2) is 48.5 Å². The molecule has 0 radical (unpaired) electrons. The Kier molecular flexibility index (Phi) is 5.28. The molecular formula is C23H25NO5. The highest BCUT2D eigenvalue weighted by molar-refractivity contribution is 5.82. The van der Waals surface area contributed by atoms with Crippen LogP contribution < -0.4 is 5.32 Å². The first-order valence-corrected chi connectivity index (χ1v) is 9.97. The lowest BCUT2D eigenvalue weighted by Crippen LogP contribution is -2.59. The van der Waals surface area contributed by atoms with E-state index in [1.807, 2.05) is 24.3 Å². The molecule has 0 aliphatic heterocycles. The van der Waals surface area contributed by atoms with E-state index >= 15 is 0 Å². The average Bonchev–Trinajstić information content (AvgIpc) is 3.07. The van der Waals surface area contributed by atoms with Gasteiger partial charge < -0.3 is 19.9 Å². The molecule has 2 aliphatic rings. The molecule has 1 amide bonds. The summed E-state index contributed by atoms with van der Waals surface area (Å²) in [4.78, 5) is 24.6. The summed E-state index contributed by atoms with van der Waals surface area (Å²) in [6.07, 6.45) is 1.63. The minimum Gasteiger partial charge on any atom is -0.467 e. The summed E-state index contributed by atoms with van der Waals surface area (Å²) in [5, 5.41) is 13.4. The smallest absolute Gasteiger partial charge is 0.407 e. The number of rotatable bonds is 4. The van der Waals surface area contributed by atoms with Crippen LogP contribution in [0.1, 0.15) is 42.7 Å². The molecule has 2 atom stereocenters. The molecule has 2 aliphatic carbocycles. The van der Waals surface area contributed by atoms with Gasteiger partial charge in [-0.2, -0.15) is 0 Å². The van der Waals surface area contributed by atoms with Crippen molar-refractivity contribution in [3.8, 4) is 11.1 Å². The summed E-state index contributed by atoms with van der Waals surface area (Å²) < 4.78 is 10.3. The van der Waals surface area contributed by atoms with E-state index in [0.717, 1.165) is 28.7 Å². The number of benzene rings is 2. The molecule has 0 saturated heterocycles. The zero-order valence-electron chi connectivity index (χ0n) is 16.4. The molecule has 152 valence electrons. The van der Waals surface area contributed by atoms with Crippen LogP contribution in [0.5, 0.6) is 0 Å². The largest absolute Gasteiger partial charge is 0.467 e. The number of alkyl carbamates (subject to hydrolysis) is 1. The monoisotopic (exact) mass is 395 g/mol. The van der Waals surface area contributed by atoms with Gasteiger partial charge in [-0.3, -0.25) is 0 Å². The maximum Gasteiger partial charge on any atom is 0.407 e. The minimum atomic E-state index is -1.71. The SMILES string of the molecule is COC(=O)C1(O)CCCCC1NC(=O)OCC1c2ccccc2-c2ccccc21. The van der Waals surface area contributed by atoms with Gasteiger partial charge in [0.25, 0.3) is 0 Å². The van der Waals surface area contributed by atoms with Crippen molar-refractivity contribution < 1.29 is 24.2 Å². The average molecular weight is 395 g/mol. The van der Waals surface area contributed by atoms with Gasteiger partial charge in [0.15, 0.2) is 5.60 Å². The number of nitrogens with one attached hydrogen (secondary N) is 1. The van der Waals surface area contributed by atoms with Gasteiger partial charge in [-0.15, -0.1) is 0 Å². The lowest BCUT2D eigenvalue weighted by molar-refractivity contribution is -0.168. The quantitative estimate of drug-likeness (QED) is 0.776. The Hall–Kier alpha value is -2.86. The van der Waals surface area contributed by atoms with Crippen molar-refractivity contribution in [2.24, 2.45) is 0 Å². The lowest BCUT2D eigenvalue weighted by Gasteiger charge is -2.37. The van der Waals surface area contributed by atoms with Gasteiger partial charge in [-0.05, 0) is 41.5 Å². The van der Waals surface area contributed by atoms with E-state index in [1.165, 1.54) is 7.11 Å². The summed E-state index contributed by atoms with van der Waals surface area (Å²) in [6.45, 7) is 0.184. The van der Waals surface area contributed by atoms with Gasteiger partial charge in [0, 0.05) is 5.92 Å². The van der Waals surface area contributed by atoms with E-state index in [0.29, 0.717) is 12.8 Å². The Balaban J connectivity index is 1.46. The van der Waals surface area contributed by atoms with Gasteiger partial charge in [-0.25, -0.2) is 9.59 Å². The van der Waals surface area contributed by atoms with Gasteiger partial charge >= 0.3 is 12.1 Å². The van der Waals surface area contributed by atoms with Crippen LogP contribution in [0, 0.1) is 0 Å². The van der Waals surface area contributed by atoms with Crippen molar-refractivity contribution in [2.75, 3.05) is 13.7 Å². The summed E-state index contributed by atoms with van der Waals surface area (Å²) >= 11 is 0. The van der Waals surface area contributed by atoms with Gasteiger partial charge in [0.1, 0.15) is 6.61 Å². The molecule has 0 bridgehead atoms. The van der Waals surface area contributed by atoms with E-state index in [4.69, 9.17) is 9.47 Å². The van der Waals surface area contributed by atoms with E-state index < -0.39 is 23.7 Å². The Morgan fingerprint density at radius 1 is 1.07 bits per heavy atom. The third-order valence-corrected chi connectivity index (χ3v) is 6.05. The number of hydrogen-bond donors (Lipinski definition) is 2. The van der Waals surface area contributed by atoms with Crippen LogP contribution in [0.4, 0.5) is 4.79 Å². The normalized spacial score (nSPS) is 23.0. The highest BCUT2D eigenvalue weighted by Gasteiger charge is 2.47. The minimum absolute atomic E-state index is 0.0426. The van der Waals surface area contributed by atoms with Crippen LogP contribution in [0.25, 0.3) is 11.1 Å². The first kappa shape index (κ1) is 19.5. The molecule has 6 nitrogen and oxygen atoms in total. The predicted molar refractivity (Wildman–Crippen MR) is 107 cm³/mol. The van der Waals surface area contributed by atoms with Gasteiger partial charge in [0.05, 0.1) is 13.2 Å². The zero-order chi connectivity index (χ0) is 20.4. The highest BCUT2D eigenvalue weighted by Crippen LogP contribution is 2.44. The number of esters is 1. The molecule has 6 heteroatoms. The predicted octanol–water partition coefficient (Wildman–Crippen LogP) is 3.37. The molecule has 4 rings (SSSR count). The van der Waals surface area contributed by atoms with Crippen molar-refractivity contribution in [3.05, 3.63) is 59.7 Å². The van der Waals surface area contributed by atoms with Crippen LogP contribution in [0.2, 0.25) is 0 Å². The van der Waals surface area contributed by atoms with Crippen molar-refractivity contribution >= 4 is 12.1 Å². The van der Waals surface area contributed by atoms with Crippen molar-refractivity contribution in [1.29, 1.82) is 0 Å². The molecule has 2 aromatic rings. The molecule has 1 fully saturated rings. The Morgan fingerprint density at radius 3 is 2.31 bits per heavy atom. The topological polar surface area (TPSA) is 84.9 Å². The van der Waals surface area contributed by atoms with Crippen LogP contribution in [-0.4, -0.2) is 42.5 Å². The standard InChI is InChI=1S/C23H25NO5/c1-28-21(25)23(27)13-7-6-12-20(23)24-22(26)29-14-19-17-10-4-2-8-15(17)16-9-3-5-11-18(16)19/h2-5,8-11,19-20,27H,6-7,12-14H2,1H3,(H,24,26). The zero-order valence-corrected chi connectivity index (χ0v) is 16.4. The van der Waals surface area contributed by atoms with Crippen molar-refractivity contribution in [1.82, 2.24) is 5.32 Å². The molecule has 0 aromatic heterocycles. The van der Waals surface area contributed by atoms with E-state index in [-0.39, 0.29) is 18.9 Å². The van der Waals surface area contributed by atoms with E-state index in [9.17, 15) is 14.7 Å². The molecular weight excluding hydrogens is 370 g/mol. The maximum atomic E-state index is 12.5. The van der Waals surface area contributed by atoms with Crippen molar-refractivity contribution in [2.45, 2.75) is 43.2 Å². The number of fused-ring (bicyclic) bond motifs is 3. The molecule has 2 aromatic carbocycles. The van der Waals surface area contributed by atoms with Gasteiger partial charge in [-0.1, -0.05) is 55.0 Å².